The SMILES string of the molecule is CN=C(NCCCCN1CCOCC1)NCc1ccc2c(c1)OCO2. The number of nitrogens with zero attached hydrogens (tertiary/aromatic N) is 2. The van der Waals surface area contributed by atoms with Gasteiger partial charge in [0.2, 0.25) is 6.79 Å². The molecule has 0 amide bonds. The van der Waals surface area contributed by atoms with Crippen molar-refractivity contribution < 1.29 is 14.2 Å². The Balaban J connectivity index is 1.31. The Labute approximate surface area is 149 Å². The minimum absolute atomic E-state index is 0.305. The number of guanidine groups is 1. The summed E-state index contributed by atoms with van der Waals surface area (Å²) in [5.41, 5.74) is 1.14. The summed E-state index contributed by atoms with van der Waals surface area (Å²) in [6, 6.07) is 5.99. The van der Waals surface area contributed by atoms with Crippen LogP contribution in [-0.4, -0.2) is 64.1 Å². The maximum Gasteiger partial charge on any atom is 0.231 e. The first-order valence-electron chi connectivity index (χ1n) is 8.98. The van der Waals surface area contributed by atoms with Crippen LogP contribution in [0.25, 0.3) is 0 Å². The molecule has 1 aromatic rings. The van der Waals surface area contributed by atoms with Gasteiger partial charge in [-0.2, -0.15) is 0 Å². The lowest BCUT2D eigenvalue weighted by Gasteiger charge is -2.26. The van der Waals surface area contributed by atoms with Crippen LogP contribution in [0, 0.1) is 0 Å². The molecule has 1 aromatic carbocycles. The fourth-order valence-corrected chi connectivity index (χ4v) is 2.95. The molecule has 0 spiro atoms. The minimum atomic E-state index is 0.305. The fraction of sp³-hybridized carbons (Fsp3) is 0.611. The van der Waals surface area contributed by atoms with Gasteiger partial charge in [-0.1, -0.05) is 6.07 Å². The van der Waals surface area contributed by atoms with Gasteiger partial charge in [0.25, 0.3) is 0 Å². The lowest BCUT2D eigenvalue weighted by Crippen LogP contribution is -2.38. The van der Waals surface area contributed by atoms with Crippen molar-refractivity contribution in [1.82, 2.24) is 15.5 Å². The van der Waals surface area contributed by atoms with Crippen LogP contribution in [0.4, 0.5) is 0 Å². The smallest absolute Gasteiger partial charge is 0.231 e. The molecule has 2 heterocycles. The Kier molecular flexibility index (Phi) is 6.76. The van der Waals surface area contributed by atoms with Gasteiger partial charge in [0.1, 0.15) is 0 Å². The molecule has 1 saturated heterocycles. The Bertz CT molecular complexity index is 573. The molecule has 7 heteroatoms. The monoisotopic (exact) mass is 348 g/mol. The molecule has 25 heavy (non-hydrogen) atoms. The standard InChI is InChI=1S/C18H28N4O3/c1-19-18(20-6-2-3-7-22-8-10-23-11-9-22)21-13-15-4-5-16-17(12-15)25-14-24-16/h4-5,12H,2-3,6-11,13-14H2,1H3,(H2,19,20,21). The van der Waals surface area contributed by atoms with E-state index in [1.807, 2.05) is 18.2 Å². The van der Waals surface area contributed by atoms with Crippen molar-refractivity contribution in [2.24, 2.45) is 4.99 Å². The van der Waals surface area contributed by atoms with E-state index in [2.05, 4.69) is 20.5 Å². The molecule has 0 aliphatic carbocycles. The number of unbranched alkanes of at least 4 members (excludes halogenated alkanes) is 1. The van der Waals surface area contributed by atoms with Crippen LogP contribution in [0.3, 0.4) is 0 Å². The van der Waals surface area contributed by atoms with E-state index in [0.29, 0.717) is 13.3 Å². The molecule has 7 nitrogen and oxygen atoms in total. The highest BCUT2D eigenvalue weighted by Gasteiger charge is 2.13. The molecule has 0 bridgehead atoms. The fourth-order valence-electron chi connectivity index (χ4n) is 2.95. The molecule has 2 aliphatic rings. The van der Waals surface area contributed by atoms with Crippen molar-refractivity contribution in [3.05, 3.63) is 23.8 Å². The first-order valence-corrected chi connectivity index (χ1v) is 8.98. The van der Waals surface area contributed by atoms with E-state index in [0.717, 1.165) is 68.8 Å². The second-order valence-corrected chi connectivity index (χ2v) is 6.20. The Morgan fingerprint density at radius 1 is 1.12 bits per heavy atom. The summed E-state index contributed by atoms with van der Waals surface area (Å²) in [5.74, 6) is 2.45. The predicted octanol–water partition coefficient (Wildman–Crippen LogP) is 1.19. The Morgan fingerprint density at radius 3 is 2.80 bits per heavy atom. The highest BCUT2D eigenvalue weighted by atomic mass is 16.7. The van der Waals surface area contributed by atoms with Crippen molar-refractivity contribution in [2.45, 2.75) is 19.4 Å². The quantitative estimate of drug-likeness (QED) is 0.438. The predicted molar refractivity (Wildman–Crippen MR) is 97.3 cm³/mol. The van der Waals surface area contributed by atoms with E-state index >= 15 is 0 Å². The maximum atomic E-state index is 5.41. The number of hydrogen-bond donors (Lipinski definition) is 2. The van der Waals surface area contributed by atoms with Gasteiger partial charge in [0, 0.05) is 33.2 Å². The van der Waals surface area contributed by atoms with Crippen LogP contribution < -0.4 is 20.1 Å². The van der Waals surface area contributed by atoms with Gasteiger partial charge < -0.3 is 24.8 Å². The summed E-state index contributed by atoms with van der Waals surface area (Å²) in [5, 5.41) is 6.70. The average Bonchev–Trinajstić information content (AvgIpc) is 3.12. The van der Waals surface area contributed by atoms with Crippen LogP contribution in [-0.2, 0) is 11.3 Å². The topological polar surface area (TPSA) is 67.4 Å². The van der Waals surface area contributed by atoms with Crippen molar-refractivity contribution in [2.75, 3.05) is 53.2 Å². The number of fused-ring (bicyclic) bond motifs is 1. The van der Waals surface area contributed by atoms with E-state index in [1.54, 1.807) is 7.05 Å². The molecule has 2 aliphatic heterocycles. The van der Waals surface area contributed by atoms with Crippen molar-refractivity contribution in [1.29, 1.82) is 0 Å². The largest absolute Gasteiger partial charge is 0.454 e. The second kappa shape index (κ2) is 9.48. The molecule has 138 valence electrons. The zero-order chi connectivity index (χ0) is 17.3. The summed E-state index contributed by atoms with van der Waals surface area (Å²) < 4.78 is 16.1. The third kappa shape index (κ3) is 5.51. The van der Waals surface area contributed by atoms with E-state index in [4.69, 9.17) is 14.2 Å². The summed E-state index contributed by atoms with van der Waals surface area (Å²) in [4.78, 5) is 6.74. The van der Waals surface area contributed by atoms with Gasteiger partial charge in [0.05, 0.1) is 13.2 Å². The van der Waals surface area contributed by atoms with E-state index in [-0.39, 0.29) is 0 Å². The number of nitrogens with one attached hydrogen (secondary N) is 2. The van der Waals surface area contributed by atoms with Crippen LogP contribution in [0.5, 0.6) is 11.5 Å². The van der Waals surface area contributed by atoms with Gasteiger partial charge in [-0.25, -0.2) is 0 Å². The molecule has 0 radical (unpaired) electrons. The van der Waals surface area contributed by atoms with E-state index in [9.17, 15) is 0 Å². The first kappa shape index (κ1) is 17.8. The molecule has 0 aromatic heterocycles. The third-order valence-corrected chi connectivity index (χ3v) is 4.42. The molecule has 2 N–H and O–H groups in total. The zero-order valence-corrected chi connectivity index (χ0v) is 14.9. The molecule has 0 atom stereocenters. The lowest BCUT2D eigenvalue weighted by molar-refractivity contribution is 0.0372. The van der Waals surface area contributed by atoms with Crippen LogP contribution in [0.15, 0.2) is 23.2 Å². The minimum Gasteiger partial charge on any atom is -0.454 e. The molecule has 3 rings (SSSR count). The molecule has 0 unspecified atom stereocenters. The molecule has 0 saturated carbocycles. The van der Waals surface area contributed by atoms with Gasteiger partial charge in [-0.05, 0) is 37.1 Å². The zero-order valence-electron chi connectivity index (χ0n) is 14.9. The summed E-state index contributed by atoms with van der Waals surface area (Å²) in [6.07, 6.45) is 2.31. The summed E-state index contributed by atoms with van der Waals surface area (Å²) in [6.45, 7) is 6.94. The Morgan fingerprint density at radius 2 is 1.96 bits per heavy atom. The van der Waals surface area contributed by atoms with Gasteiger partial charge >= 0.3 is 0 Å². The van der Waals surface area contributed by atoms with Gasteiger partial charge in [-0.3, -0.25) is 9.89 Å². The number of hydrogen-bond acceptors (Lipinski definition) is 5. The second-order valence-electron chi connectivity index (χ2n) is 6.20. The first-order chi connectivity index (χ1) is 12.3. The number of morpholine rings is 1. The summed E-state index contributed by atoms with van der Waals surface area (Å²) in [7, 11) is 1.79. The highest BCUT2D eigenvalue weighted by molar-refractivity contribution is 5.79. The van der Waals surface area contributed by atoms with E-state index in [1.165, 1.54) is 6.42 Å². The molecular weight excluding hydrogens is 320 g/mol. The number of rotatable bonds is 7. The lowest BCUT2D eigenvalue weighted by atomic mass is 10.2. The van der Waals surface area contributed by atoms with Crippen molar-refractivity contribution >= 4 is 5.96 Å². The number of benzene rings is 1. The van der Waals surface area contributed by atoms with Crippen molar-refractivity contribution in [3.63, 3.8) is 0 Å². The van der Waals surface area contributed by atoms with Crippen LogP contribution in [0.2, 0.25) is 0 Å². The summed E-state index contributed by atoms with van der Waals surface area (Å²) >= 11 is 0. The molecular formula is C18H28N4O3. The number of ether oxygens (including phenoxy) is 3. The van der Waals surface area contributed by atoms with E-state index < -0.39 is 0 Å². The van der Waals surface area contributed by atoms with Gasteiger partial charge in [0.15, 0.2) is 17.5 Å². The number of aliphatic imine (C=N–C) groups is 1. The normalized spacial score (nSPS) is 17.6. The molecule has 1 fully saturated rings. The highest BCUT2D eigenvalue weighted by Crippen LogP contribution is 2.32. The van der Waals surface area contributed by atoms with Crippen LogP contribution in [0.1, 0.15) is 18.4 Å². The van der Waals surface area contributed by atoms with Crippen LogP contribution >= 0.6 is 0 Å². The third-order valence-electron chi connectivity index (χ3n) is 4.42. The van der Waals surface area contributed by atoms with Gasteiger partial charge in [-0.15, -0.1) is 0 Å². The average molecular weight is 348 g/mol. The maximum absolute atomic E-state index is 5.41. The van der Waals surface area contributed by atoms with Crippen molar-refractivity contribution in [3.8, 4) is 11.5 Å². The Hall–Kier alpha value is -1.99.